The number of amides is 1. The predicted molar refractivity (Wildman–Crippen MR) is 100 cm³/mol. The summed E-state index contributed by atoms with van der Waals surface area (Å²) in [7, 11) is 0. The zero-order chi connectivity index (χ0) is 17.6. The summed E-state index contributed by atoms with van der Waals surface area (Å²) in [6.07, 6.45) is 4.39. The van der Waals surface area contributed by atoms with E-state index in [1.54, 1.807) is 6.20 Å². The third kappa shape index (κ3) is 4.17. The van der Waals surface area contributed by atoms with Crippen LogP contribution >= 0.6 is 0 Å². The van der Waals surface area contributed by atoms with Crippen LogP contribution in [0.3, 0.4) is 0 Å². The molecular weight excluding hydrogens is 312 g/mol. The minimum absolute atomic E-state index is 0.0810. The van der Waals surface area contributed by atoms with Crippen LogP contribution in [0.5, 0.6) is 0 Å². The average Bonchev–Trinajstić information content (AvgIpc) is 2.65. The van der Waals surface area contributed by atoms with E-state index in [-0.39, 0.29) is 11.9 Å². The number of carbonyl (C=O) groups excluding carboxylic acids is 1. The van der Waals surface area contributed by atoms with Gasteiger partial charge in [0, 0.05) is 37.7 Å². The lowest BCUT2D eigenvalue weighted by atomic mass is 9.93. The first kappa shape index (κ1) is 17.4. The van der Waals surface area contributed by atoms with Crippen molar-refractivity contribution in [2.24, 2.45) is 0 Å². The van der Waals surface area contributed by atoms with E-state index < -0.39 is 0 Å². The monoisotopic (exact) mass is 338 g/mol. The number of hydrogen-bond acceptors (Lipinski definition) is 4. The average molecular weight is 338 g/mol. The van der Waals surface area contributed by atoms with E-state index in [2.05, 4.69) is 51.7 Å². The van der Waals surface area contributed by atoms with Gasteiger partial charge in [-0.25, -0.2) is 0 Å². The van der Waals surface area contributed by atoms with Gasteiger partial charge in [-0.15, -0.1) is 0 Å². The van der Waals surface area contributed by atoms with E-state index in [1.807, 2.05) is 19.2 Å². The van der Waals surface area contributed by atoms with E-state index >= 15 is 0 Å². The fourth-order valence-corrected chi connectivity index (χ4v) is 3.34. The lowest BCUT2D eigenvalue weighted by Gasteiger charge is -2.35. The zero-order valence-electron chi connectivity index (χ0n) is 15.0. The first-order valence-corrected chi connectivity index (χ1v) is 8.92. The van der Waals surface area contributed by atoms with Gasteiger partial charge in [-0.3, -0.25) is 14.7 Å². The third-order valence-corrected chi connectivity index (χ3v) is 4.81. The highest BCUT2D eigenvalue weighted by Crippen LogP contribution is 2.23. The number of nitrogens with one attached hydrogen (secondary N) is 2. The molecule has 5 nitrogen and oxygen atoms in total. The van der Waals surface area contributed by atoms with Crippen molar-refractivity contribution in [2.45, 2.75) is 32.9 Å². The highest BCUT2D eigenvalue weighted by atomic mass is 16.2. The smallest absolute Gasteiger partial charge is 0.237 e. The largest absolute Gasteiger partial charge is 0.383 e. The Balaban J connectivity index is 1.53. The van der Waals surface area contributed by atoms with Gasteiger partial charge in [-0.1, -0.05) is 31.2 Å². The Morgan fingerprint density at radius 2 is 2.04 bits per heavy atom. The predicted octanol–water partition coefficient (Wildman–Crippen LogP) is 2.36. The Bertz CT molecular complexity index is 731. The molecule has 1 aliphatic rings. The molecule has 1 unspecified atom stereocenters. The fourth-order valence-electron chi connectivity index (χ4n) is 3.34. The number of rotatable bonds is 6. The molecule has 1 aromatic carbocycles. The Morgan fingerprint density at radius 3 is 2.80 bits per heavy atom. The molecule has 0 radical (unpaired) electrons. The minimum Gasteiger partial charge on any atom is -0.383 e. The van der Waals surface area contributed by atoms with Crippen LogP contribution in [0.2, 0.25) is 0 Å². The summed E-state index contributed by atoms with van der Waals surface area (Å²) in [6.45, 7) is 7.16. The molecule has 132 valence electrons. The van der Waals surface area contributed by atoms with Crippen molar-refractivity contribution in [3.8, 4) is 0 Å². The van der Waals surface area contributed by atoms with Gasteiger partial charge in [0.1, 0.15) is 0 Å². The standard InChI is InChI=1S/C20H26N4O/c1-3-24-14-17-7-5-4-6-16(17)12-19(24)20(25)23-11-10-22-18-8-9-21-13-15(18)2/h4-9,13,19H,3,10-12,14H2,1-2H3,(H,21,22)(H,23,25). The quantitative estimate of drug-likeness (QED) is 0.794. The van der Waals surface area contributed by atoms with Crippen molar-refractivity contribution in [1.82, 2.24) is 15.2 Å². The summed E-state index contributed by atoms with van der Waals surface area (Å²) in [5.41, 5.74) is 4.79. The third-order valence-electron chi connectivity index (χ3n) is 4.81. The van der Waals surface area contributed by atoms with Crippen LogP contribution in [0, 0.1) is 6.92 Å². The van der Waals surface area contributed by atoms with E-state index in [9.17, 15) is 4.79 Å². The molecule has 0 bridgehead atoms. The van der Waals surface area contributed by atoms with Gasteiger partial charge in [0.15, 0.2) is 0 Å². The van der Waals surface area contributed by atoms with Crippen LogP contribution in [-0.2, 0) is 17.8 Å². The number of anilines is 1. The lowest BCUT2D eigenvalue weighted by molar-refractivity contribution is -0.126. The summed E-state index contributed by atoms with van der Waals surface area (Å²) >= 11 is 0. The number of aryl methyl sites for hydroxylation is 1. The van der Waals surface area contributed by atoms with Crippen molar-refractivity contribution in [1.29, 1.82) is 0 Å². The Morgan fingerprint density at radius 1 is 1.24 bits per heavy atom. The van der Waals surface area contributed by atoms with E-state index in [1.165, 1.54) is 11.1 Å². The van der Waals surface area contributed by atoms with Gasteiger partial charge in [0.25, 0.3) is 0 Å². The summed E-state index contributed by atoms with van der Waals surface area (Å²) in [4.78, 5) is 19.0. The van der Waals surface area contributed by atoms with Crippen molar-refractivity contribution in [2.75, 3.05) is 25.0 Å². The van der Waals surface area contributed by atoms with E-state index in [0.717, 1.165) is 30.8 Å². The molecule has 1 aliphatic heterocycles. The molecular formula is C20H26N4O. The molecule has 5 heteroatoms. The number of pyridine rings is 1. The first-order chi connectivity index (χ1) is 12.2. The van der Waals surface area contributed by atoms with Gasteiger partial charge >= 0.3 is 0 Å². The molecule has 25 heavy (non-hydrogen) atoms. The number of aromatic nitrogens is 1. The SMILES string of the molecule is CCN1Cc2ccccc2CC1C(=O)NCCNc1ccncc1C. The van der Waals surface area contributed by atoms with Gasteiger partial charge < -0.3 is 10.6 Å². The zero-order valence-corrected chi connectivity index (χ0v) is 15.0. The minimum atomic E-state index is -0.0810. The summed E-state index contributed by atoms with van der Waals surface area (Å²) in [5, 5.41) is 6.42. The number of carbonyl (C=O) groups is 1. The molecule has 0 fully saturated rings. The summed E-state index contributed by atoms with van der Waals surface area (Å²) in [5.74, 6) is 0.115. The number of benzene rings is 1. The fraction of sp³-hybridized carbons (Fsp3) is 0.400. The Kier molecular flexibility index (Phi) is 5.66. The highest BCUT2D eigenvalue weighted by molar-refractivity contribution is 5.82. The molecule has 1 aromatic heterocycles. The normalized spacial score (nSPS) is 17.0. The maximum Gasteiger partial charge on any atom is 0.237 e. The molecule has 2 heterocycles. The van der Waals surface area contributed by atoms with E-state index in [4.69, 9.17) is 0 Å². The van der Waals surface area contributed by atoms with Crippen molar-refractivity contribution < 1.29 is 4.79 Å². The summed E-state index contributed by atoms with van der Waals surface area (Å²) in [6, 6.07) is 10.3. The molecule has 0 aliphatic carbocycles. The van der Waals surface area contributed by atoms with Gasteiger partial charge in [-0.2, -0.15) is 0 Å². The van der Waals surface area contributed by atoms with E-state index in [0.29, 0.717) is 13.1 Å². The number of fused-ring (bicyclic) bond motifs is 1. The second kappa shape index (κ2) is 8.12. The second-order valence-electron chi connectivity index (χ2n) is 6.46. The van der Waals surface area contributed by atoms with Crippen LogP contribution < -0.4 is 10.6 Å². The van der Waals surface area contributed by atoms with Crippen LogP contribution in [0.1, 0.15) is 23.6 Å². The van der Waals surface area contributed by atoms with Crippen LogP contribution in [0.4, 0.5) is 5.69 Å². The van der Waals surface area contributed by atoms with Gasteiger partial charge in [0.2, 0.25) is 5.91 Å². The molecule has 0 saturated carbocycles. The molecule has 3 rings (SSSR count). The molecule has 1 atom stereocenters. The van der Waals surface area contributed by atoms with Crippen molar-refractivity contribution >= 4 is 11.6 Å². The van der Waals surface area contributed by atoms with Crippen molar-refractivity contribution in [3.63, 3.8) is 0 Å². The van der Waals surface area contributed by atoms with Gasteiger partial charge in [0.05, 0.1) is 6.04 Å². The van der Waals surface area contributed by atoms with Crippen molar-refractivity contribution in [3.05, 3.63) is 59.4 Å². The second-order valence-corrected chi connectivity index (χ2v) is 6.46. The van der Waals surface area contributed by atoms with Crippen LogP contribution in [0.25, 0.3) is 0 Å². The highest BCUT2D eigenvalue weighted by Gasteiger charge is 2.29. The maximum absolute atomic E-state index is 12.7. The molecule has 0 spiro atoms. The molecule has 0 saturated heterocycles. The number of nitrogens with zero attached hydrogens (tertiary/aromatic N) is 2. The van der Waals surface area contributed by atoms with Crippen LogP contribution in [0.15, 0.2) is 42.7 Å². The Labute approximate surface area is 149 Å². The van der Waals surface area contributed by atoms with Gasteiger partial charge in [-0.05, 0) is 42.6 Å². The number of hydrogen-bond donors (Lipinski definition) is 2. The summed E-state index contributed by atoms with van der Waals surface area (Å²) < 4.78 is 0. The molecule has 2 N–H and O–H groups in total. The Hall–Kier alpha value is -2.40. The first-order valence-electron chi connectivity index (χ1n) is 8.92. The number of likely N-dealkylation sites (N-methyl/N-ethyl adjacent to an activating group) is 1. The lowest BCUT2D eigenvalue weighted by Crippen LogP contribution is -2.50. The maximum atomic E-state index is 12.7. The van der Waals surface area contributed by atoms with Crippen LogP contribution in [-0.4, -0.2) is 41.5 Å². The molecule has 2 aromatic rings. The molecule has 1 amide bonds. The topological polar surface area (TPSA) is 57.3 Å².